The van der Waals surface area contributed by atoms with E-state index in [9.17, 15) is 9.90 Å². The van der Waals surface area contributed by atoms with E-state index in [2.05, 4.69) is 0 Å². The Bertz CT molecular complexity index is 650. The summed E-state index contributed by atoms with van der Waals surface area (Å²) in [6.45, 7) is 0. The van der Waals surface area contributed by atoms with Crippen LogP contribution in [-0.2, 0) is 11.2 Å². The molecule has 0 bridgehead atoms. The molecular formula is C14H12ClNO3. The number of benzene rings is 1. The van der Waals surface area contributed by atoms with Gasteiger partial charge >= 0.3 is 0 Å². The Balaban J connectivity index is 1.95. The number of anilines is 1. The summed E-state index contributed by atoms with van der Waals surface area (Å²) in [5.74, 6) is 0.449. The van der Waals surface area contributed by atoms with Crippen molar-refractivity contribution in [3.63, 3.8) is 0 Å². The monoisotopic (exact) mass is 277 g/mol. The number of hydrogen-bond acceptors (Lipinski definition) is 3. The van der Waals surface area contributed by atoms with Gasteiger partial charge in [-0.15, -0.1) is 0 Å². The maximum atomic E-state index is 11.6. The predicted molar refractivity (Wildman–Crippen MR) is 71.3 cm³/mol. The topological polar surface area (TPSA) is 53.7 Å². The summed E-state index contributed by atoms with van der Waals surface area (Å²) in [6.07, 6.45) is -0.510. The van der Waals surface area contributed by atoms with E-state index in [1.54, 1.807) is 30.1 Å². The van der Waals surface area contributed by atoms with Gasteiger partial charge in [-0.05, 0) is 40.9 Å². The van der Waals surface area contributed by atoms with Crippen LogP contribution in [0.3, 0.4) is 0 Å². The smallest absolute Gasteiger partial charge is 0.231 e. The van der Waals surface area contributed by atoms with Gasteiger partial charge in [0.2, 0.25) is 5.91 Å². The number of fused-ring (bicyclic) bond motifs is 1. The van der Waals surface area contributed by atoms with Crippen molar-refractivity contribution in [1.82, 2.24) is 0 Å². The van der Waals surface area contributed by atoms with Gasteiger partial charge < -0.3 is 14.4 Å². The van der Waals surface area contributed by atoms with Gasteiger partial charge in [0.1, 0.15) is 11.9 Å². The minimum atomic E-state index is -0.876. The van der Waals surface area contributed by atoms with Crippen molar-refractivity contribution in [2.75, 3.05) is 11.9 Å². The number of aliphatic hydroxyl groups is 1. The molecule has 0 saturated heterocycles. The summed E-state index contributed by atoms with van der Waals surface area (Å²) in [5.41, 5.74) is 2.49. The van der Waals surface area contributed by atoms with Crippen molar-refractivity contribution in [2.45, 2.75) is 12.5 Å². The Kier molecular flexibility index (Phi) is 2.84. The molecule has 2 heterocycles. The van der Waals surface area contributed by atoms with Crippen LogP contribution in [0.15, 0.2) is 34.7 Å². The van der Waals surface area contributed by atoms with Crippen molar-refractivity contribution in [2.24, 2.45) is 0 Å². The Morgan fingerprint density at radius 2 is 2.16 bits per heavy atom. The molecule has 98 valence electrons. The molecule has 1 aromatic heterocycles. The van der Waals surface area contributed by atoms with E-state index in [4.69, 9.17) is 16.0 Å². The lowest BCUT2D eigenvalue weighted by Gasteiger charge is -2.12. The summed E-state index contributed by atoms with van der Waals surface area (Å²) >= 11 is 5.69. The van der Waals surface area contributed by atoms with E-state index >= 15 is 0 Å². The minimum absolute atomic E-state index is 0.0580. The highest BCUT2D eigenvalue weighted by Gasteiger charge is 2.25. The van der Waals surface area contributed by atoms with Crippen molar-refractivity contribution >= 4 is 23.2 Å². The molecule has 1 amide bonds. The summed E-state index contributed by atoms with van der Waals surface area (Å²) in [6, 6.07) is 8.68. The van der Waals surface area contributed by atoms with Crippen molar-refractivity contribution in [1.29, 1.82) is 0 Å². The standard InChI is InChI=1S/C14H12ClNO3/c1-16-10-3-2-8(6-9(10)7-13(16)17)14(18)11-4-5-12(15)19-11/h2-6,14,18H,7H2,1H3. The summed E-state index contributed by atoms with van der Waals surface area (Å²) in [5, 5.41) is 10.5. The van der Waals surface area contributed by atoms with Gasteiger partial charge in [-0.25, -0.2) is 0 Å². The van der Waals surface area contributed by atoms with Gasteiger partial charge in [0.25, 0.3) is 0 Å². The van der Waals surface area contributed by atoms with E-state index in [0.29, 0.717) is 17.7 Å². The molecule has 19 heavy (non-hydrogen) atoms. The van der Waals surface area contributed by atoms with Crippen molar-refractivity contribution < 1.29 is 14.3 Å². The molecule has 0 saturated carbocycles. The van der Waals surface area contributed by atoms with Gasteiger partial charge in [-0.3, -0.25) is 4.79 Å². The van der Waals surface area contributed by atoms with E-state index in [1.165, 1.54) is 0 Å². The number of carbonyl (C=O) groups is 1. The molecule has 1 aliphatic rings. The lowest BCUT2D eigenvalue weighted by molar-refractivity contribution is -0.117. The van der Waals surface area contributed by atoms with Gasteiger partial charge in [0, 0.05) is 12.7 Å². The first kappa shape index (κ1) is 12.3. The van der Waals surface area contributed by atoms with Crippen LogP contribution in [0.5, 0.6) is 0 Å². The third kappa shape index (κ3) is 2.03. The Labute approximate surface area is 115 Å². The number of furan rings is 1. The Morgan fingerprint density at radius 3 is 2.84 bits per heavy atom. The first-order chi connectivity index (χ1) is 9.06. The highest BCUT2D eigenvalue weighted by atomic mass is 35.5. The number of nitrogens with zero attached hydrogens (tertiary/aromatic N) is 1. The van der Waals surface area contributed by atoms with Crippen LogP contribution in [0.2, 0.25) is 5.22 Å². The zero-order valence-corrected chi connectivity index (χ0v) is 11.0. The average Bonchev–Trinajstić information content (AvgIpc) is 2.94. The molecule has 1 N–H and O–H groups in total. The van der Waals surface area contributed by atoms with Crippen LogP contribution in [-0.4, -0.2) is 18.1 Å². The highest BCUT2D eigenvalue weighted by Crippen LogP contribution is 2.32. The number of aliphatic hydroxyl groups excluding tert-OH is 1. The van der Waals surface area contributed by atoms with Crippen LogP contribution in [0.25, 0.3) is 0 Å². The fourth-order valence-corrected chi connectivity index (χ4v) is 2.45. The number of amides is 1. The Hall–Kier alpha value is -1.78. The largest absolute Gasteiger partial charge is 0.447 e. The second-order valence-corrected chi connectivity index (χ2v) is 4.93. The van der Waals surface area contributed by atoms with Gasteiger partial charge in [0.15, 0.2) is 5.22 Å². The normalized spacial score (nSPS) is 15.7. The fourth-order valence-electron chi connectivity index (χ4n) is 2.30. The van der Waals surface area contributed by atoms with Gasteiger partial charge in [-0.2, -0.15) is 0 Å². The number of rotatable bonds is 2. The lowest BCUT2D eigenvalue weighted by Crippen LogP contribution is -2.20. The van der Waals surface area contributed by atoms with E-state index < -0.39 is 6.10 Å². The van der Waals surface area contributed by atoms with E-state index in [-0.39, 0.29) is 11.1 Å². The molecule has 5 heteroatoms. The number of halogens is 1. The average molecular weight is 278 g/mol. The molecule has 1 aromatic carbocycles. The SMILES string of the molecule is CN1C(=O)Cc2cc(C(O)c3ccc(Cl)o3)ccc21. The third-order valence-corrected chi connectivity index (χ3v) is 3.56. The molecule has 1 unspecified atom stereocenters. The van der Waals surface area contributed by atoms with Crippen molar-refractivity contribution in [3.8, 4) is 0 Å². The first-order valence-corrected chi connectivity index (χ1v) is 6.27. The van der Waals surface area contributed by atoms with Crippen LogP contribution in [0, 0.1) is 0 Å². The molecule has 1 aliphatic heterocycles. The van der Waals surface area contributed by atoms with Crippen molar-refractivity contribution in [3.05, 3.63) is 52.4 Å². The first-order valence-electron chi connectivity index (χ1n) is 5.89. The second kappa shape index (κ2) is 4.40. The summed E-state index contributed by atoms with van der Waals surface area (Å²) in [4.78, 5) is 13.2. The zero-order valence-electron chi connectivity index (χ0n) is 10.3. The molecule has 0 spiro atoms. The molecular weight excluding hydrogens is 266 g/mol. The van der Waals surface area contributed by atoms with Crippen LogP contribution < -0.4 is 4.90 Å². The van der Waals surface area contributed by atoms with E-state index in [0.717, 1.165) is 11.3 Å². The minimum Gasteiger partial charge on any atom is -0.447 e. The van der Waals surface area contributed by atoms with Gasteiger partial charge in [-0.1, -0.05) is 12.1 Å². The molecule has 2 aromatic rings. The van der Waals surface area contributed by atoms with Gasteiger partial charge in [0.05, 0.1) is 6.42 Å². The Morgan fingerprint density at radius 1 is 1.37 bits per heavy atom. The lowest BCUT2D eigenvalue weighted by atomic mass is 10.0. The van der Waals surface area contributed by atoms with Crippen LogP contribution >= 0.6 is 11.6 Å². The van der Waals surface area contributed by atoms with Crippen LogP contribution in [0.1, 0.15) is 23.0 Å². The molecule has 4 nitrogen and oxygen atoms in total. The van der Waals surface area contributed by atoms with Crippen LogP contribution in [0.4, 0.5) is 5.69 Å². The zero-order chi connectivity index (χ0) is 13.6. The molecule has 0 radical (unpaired) electrons. The third-order valence-electron chi connectivity index (χ3n) is 3.36. The van der Waals surface area contributed by atoms with E-state index in [1.807, 2.05) is 12.1 Å². The number of carbonyl (C=O) groups excluding carboxylic acids is 1. The summed E-state index contributed by atoms with van der Waals surface area (Å²) < 4.78 is 5.20. The maximum Gasteiger partial charge on any atom is 0.231 e. The molecule has 1 atom stereocenters. The molecule has 3 rings (SSSR count). The molecule has 0 fully saturated rings. The maximum absolute atomic E-state index is 11.6. The number of hydrogen-bond donors (Lipinski definition) is 1. The number of likely N-dealkylation sites (N-methyl/N-ethyl adjacent to an activating group) is 1. The quantitative estimate of drug-likeness (QED) is 0.918. The fraction of sp³-hybridized carbons (Fsp3) is 0.214. The molecule has 0 aliphatic carbocycles. The highest BCUT2D eigenvalue weighted by molar-refractivity contribution is 6.28. The second-order valence-electron chi connectivity index (χ2n) is 4.56. The predicted octanol–water partition coefficient (Wildman–Crippen LogP) is 2.53. The summed E-state index contributed by atoms with van der Waals surface area (Å²) in [7, 11) is 1.75.